The summed E-state index contributed by atoms with van der Waals surface area (Å²) in [5.74, 6) is 1.29. The van der Waals surface area contributed by atoms with Gasteiger partial charge in [0.05, 0.1) is 5.52 Å². The van der Waals surface area contributed by atoms with E-state index in [1.165, 1.54) is 17.4 Å². The summed E-state index contributed by atoms with van der Waals surface area (Å²) >= 11 is 0. The van der Waals surface area contributed by atoms with Gasteiger partial charge in [0.15, 0.2) is 0 Å². The molecule has 0 spiro atoms. The molecule has 0 saturated heterocycles. The Labute approximate surface area is 102 Å². The van der Waals surface area contributed by atoms with Gasteiger partial charge in [-0.2, -0.15) is 0 Å². The van der Waals surface area contributed by atoms with Crippen LogP contribution in [0.3, 0.4) is 0 Å². The number of nitrogens with two attached hydrogens (primary N) is 1. The van der Waals surface area contributed by atoms with Crippen LogP contribution in [0.2, 0.25) is 0 Å². The van der Waals surface area contributed by atoms with E-state index in [-0.39, 0.29) is 0 Å². The van der Waals surface area contributed by atoms with Crippen LogP contribution in [-0.4, -0.2) is 11.0 Å². The van der Waals surface area contributed by atoms with E-state index in [4.69, 9.17) is 5.73 Å². The van der Waals surface area contributed by atoms with E-state index in [1.54, 1.807) is 0 Å². The number of hydrogen-bond acceptors (Lipinski definition) is 2. The third kappa shape index (κ3) is 1.83. The molecule has 0 amide bonds. The topological polar surface area (TPSA) is 38.9 Å². The first-order valence-corrected chi connectivity index (χ1v) is 6.28. The number of para-hydroxylation sites is 1. The standard InChI is InChI=1S/C15H18N2/c1-9-7-13(14-8-12(14)10(2)16)11-5-3-4-6-15(11)17-9/h3-7,10,12,14H,8,16H2,1-2H3. The molecule has 1 heterocycles. The number of benzene rings is 1. The van der Waals surface area contributed by atoms with Crippen molar-refractivity contribution in [2.75, 3.05) is 0 Å². The third-order valence-corrected chi connectivity index (χ3v) is 3.79. The van der Waals surface area contributed by atoms with Crippen molar-refractivity contribution in [1.29, 1.82) is 0 Å². The predicted octanol–water partition coefficient (Wildman–Crippen LogP) is 2.99. The number of aromatic nitrogens is 1. The maximum Gasteiger partial charge on any atom is 0.0708 e. The molecular weight excluding hydrogens is 208 g/mol. The van der Waals surface area contributed by atoms with Crippen LogP contribution in [-0.2, 0) is 0 Å². The maximum absolute atomic E-state index is 5.99. The molecule has 0 aliphatic heterocycles. The van der Waals surface area contributed by atoms with Crippen LogP contribution in [0.4, 0.5) is 0 Å². The lowest BCUT2D eigenvalue weighted by atomic mass is 10.0. The van der Waals surface area contributed by atoms with Gasteiger partial charge in [-0.25, -0.2) is 0 Å². The zero-order chi connectivity index (χ0) is 12.0. The van der Waals surface area contributed by atoms with Crippen molar-refractivity contribution in [3.8, 4) is 0 Å². The summed E-state index contributed by atoms with van der Waals surface area (Å²) in [6.07, 6.45) is 1.23. The summed E-state index contributed by atoms with van der Waals surface area (Å²) in [7, 11) is 0. The molecule has 3 rings (SSSR count). The van der Waals surface area contributed by atoms with Crippen molar-refractivity contribution < 1.29 is 0 Å². The van der Waals surface area contributed by atoms with Crippen LogP contribution in [0.5, 0.6) is 0 Å². The lowest BCUT2D eigenvalue weighted by Crippen LogP contribution is -2.18. The van der Waals surface area contributed by atoms with Crippen LogP contribution in [0, 0.1) is 12.8 Å². The predicted molar refractivity (Wildman–Crippen MR) is 71.0 cm³/mol. The first-order chi connectivity index (χ1) is 8.16. The van der Waals surface area contributed by atoms with E-state index >= 15 is 0 Å². The van der Waals surface area contributed by atoms with Crippen LogP contribution < -0.4 is 5.73 Å². The lowest BCUT2D eigenvalue weighted by molar-refractivity contribution is 0.632. The normalized spacial score (nSPS) is 24.9. The van der Waals surface area contributed by atoms with E-state index in [0.29, 0.717) is 17.9 Å². The zero-order valence-electron chi connectivity index (χ0n) is 10.4. The van der Waals surface area contributed by atoms with E-state index in [2.05, 4.69) is 49.2 Å². The number of nitrogens with zero attached hydrogens (tertiary/aromatic N) is 1. The Hall–Kier alpha value is -1.41. The Bertz CT molecular complexity index is 560. The van der Waals surface area contributed by atoms with Crippen LogP contribution in [0.15, 0.2) is 30.3 Å². The molecule has 3 atom stereocenters. The molecular formula is C15H18N2. The Morgan fingerprint density at radius 3 is 2.82 bits per heavy atom. The third-order valence-electron chi connectivity index (χ3n) is 3.79. The van der Waals surface area contributed by atoms with Crippen LogP contribution >= 0.6 is 0 Å². The van der Waals surface area contributed by atoms with Gasteiger partial charge in [-0.1, -0.05) is 18.2 Å². The van der Waals surface area contributed by atoms with Gasteiger partial charge in [0.2, 0.25) is 0 Å². The van der Waals surface area contributed by atoms with Gasteiger partial charge < -0.3 is 5.73 Å². The molecule has 1 aromatic carbocycles. The quantitative estimate of drug-likeness (QED) is 0.855. The molecule has 2 heteroatoms. The Kier molecular flexibility index (Phi) is 2.40. The second-order valence-electron chi connectivity index (χ2n) is 5.24. The minimum atomic E-state index is 0.298. The Morgan fingerprint density at radius 2 is 2.12 bits per heavy atom. The van der Waals surface area contributed by atoms with Gasteiger partial charge in [-0.05, 0) is 49.8 Å². The molecule has 2 N–H and O–H groups in total. The van der Waals surface area contributed by atoms with Gasteiger partial charge in [0, 0.05) is 17.1 Å². The van der Waals surface area contributed by atoms with E-state index in [9.17, 15) is 0 Å². The summed E-state index contributed by atoms with van der Waals surface area (Å²) in [4.78, 5) is 4.59. The van der Waals surface area contributed by atoms with Crippen molar-refractivity contribution in [3.63, 3.8) is 0 Å². The highest BCUT2D eigenvalue weighted by Crippen LogP contribution is 2.50. The van der Waals surface area contributed by atoms with Crippen molar-refractivity contribution in [2.45, 2.75) is 32.2 Å². The van der Waals surface area contributed by atoms with Crippen molar-refractivity contribution in [2.24, 2.45) is 11.7 Å². The molecule has 0 radical (unpaired) electrons. The minimum absolute atomic E-state index is 0.298. The molecule has 2 aromatic rings. The second-order valence-corrected chi connectivity index (χ2v) is 5.24. The smallest absolute Gasteiger partial charge is 0.0708 e. The Morgan fingerprint density at radius 1 is 1.35 bits per heavy atom. The fourth-order valence-corrected chi connectivity index (χ4v) is 2.80. The summed E-state index contributed by atoms with van der Waals surface area (Å²) in [5.41, 5.74) is 9.65. The first kappa shape index (κ1) is 10.7. The van der Waals surface area contributed by atoms with Gasteiger partial charge in [-0.3, -0.25) is 4.98 Å². The van der Waals surface area contributed by atoms with Crippen molar-refractivity contribution >= 4 is 10.9 Å². The highest BCUT2D eigenvalue weighted by Gasteiger charge is 2.41. The van der Waals surface area contributed by atoms with Crippen molar-refractivity contribution in [1.82, 2.24) is 4.98 Å². The van der Waals surface area contributed by atoms with Gasteiger partial charge in [0.25, 0.3) is 0 Å². The largest absolute Gasteiger partial charge is 0.328 e. The molecule has 17 heavy (non-hydrogen) atoms. The molecule has 0 bridgehead atoms. The highest BCUT2D eigenvalue weighted by atomic mass is 14.7. The molecule has 2 nitrogen and oxygen atoms in total. The van der Waals surface area contributed by atoms with Gasteiger partial charge in [0.1, 0.15) is 0 Å². The second kappa shape index (κ2) is 3.81. The van der Waals surface area contributed by atoms with Crippen LogP contribution in [0.25, 0.3) is 10.9 Å². The van der Waals surface area contributed by atoms with Crippen LogP contribution in [0.1, 0.15) is 30.5 Å². The molecule has 1 aliphatic rings. The molecule has 3 unspecified atom stereocenters. The van der Waals surface area contributed by atoms with Crippen molar-refractivity contribution in [3.05, 3.63) is 41.6 Å². The number of hydrogen-bond donors (Lipinski definition) is 1. The fraction of sp³-hybridized carbons (Fsp3) is 0.400. The number of rotatable bonds is 2. The van der Waals surface area contributed by atoms with E-state index < -0.39 is 0 Å². The van der Waals surface area contributed by atoms with Gasteiger partial charge >= 0.3 is 0 Å². The van der Waals surface area contributed by atoms with Gasteiger partial charge in [-0.15, -0.1) is 0 Å². The lowest BCUT2D eigenvalue weighted by Gasteiger charge is -2.09. The van der Waals surface area contributed by atoms with E-state index in [1.807, 2.05) is 0 Å². The summed E-state index contributed by atoms with van der Waals surface area (Å²) in [6, 6.07) is 10.9. The fourth-order valence-electron chi connectivity index (χ4n) is 2.80. The SMILES string of the molecule is Cc1cc(C2CC2C(C)N)c2ccccc2n1. The molecule has 88 valence electrons. The maximum atomic E-state index is 5.99. The summed E-state index contributed by atoms with van der Waals surface area (Å²) in [6.45, 7) is 4.18. The Balaban J connectivity index is 2.10. The average Bonchev–Trinajstić information content (AvgIpc) is 3.07. The number of fused-ring (bicyclic) bond motifs is 1. The van der Waals surface area contributed by atoms with E-state index in [0.717, 1.165) is 11.2 Å². The summed E-state index contributed by atoms with van der Waals surface area (Å²) in [5, 5.41) is 1.30. The number of aryl methyl sites for hydroxylation is 1. The highest BCUT2D eigenvalue weighted by molar-refractivity contribution is 5.83. The molecule has 1 aliphatic carbocycles. The average molecular weight is 226 g/mol. The summed E-state index contributed by atoms with van der Waals surface area (Å²) < 4.78 is 0. The molecule has 1 saturated carbocycles. The monoisotopic (exact) mass is 226 g/mol. The molecule has 1 fully saturated rings. The molecule has 1 aromatic heterocycles. The zero-order valence-corrected chi connectivity index (χ0v) is 10.4. The number of pyridine rings is 1. The minimum Gasteiger partial charge on any atom is -0.328 e. The first-order valence-electron chi connectivity index (χ1n) is 6.28.